The fraction of sp³-hybridized carbons (Fsp3) is 0.136. The maximum atomic E-state index is 5.66. The van der Waals surface area contributed by atoms with E-state index < -0.39 is 0 Å². The fourth-order valence-corrected chi connectivity index (χ4v) is 3.46. The molecule has 0 spiro atoms. The van der Waals surface area contributed by atoms with Crippen LogP contribution in [0.3, 0.4) is 0 Å². The summed E-state index contributed by atoms with van der Waals surface area (Å²) in [6.45, 7) is 1.57. The molecule has 0 aliphatic rings. The Morgan fingerprint density at radius 3 is 2.48 bits per heavy atom. The van der Waals surface area contributed by atoms with Crippen molar-refractivity contribution in [3.8, 4) is 11.4 Å². The summed E-state index contributed by atoms with van der Waals surface area (Å²) >= 11 is 3.60. The topological polar surface area (TPSA) is 88.8 Å². The summed E-state index contributed by atoms with van der Waals surface area (Å²) in [5, 5.41) is 7.77. The number of nitrogens with one attached hydrogen (secondary N) is 2. The SMILES string of the molecule is Nc1ccc(NCCCNc2nc(-c3ccccc3Br)nc3ccccc23)nc1. The molecule has 2 aromatic carbocycles. The highest BCUT2D eigenvalue weighted by molar-refractivity contribution is 9.10. The van der Waals surface area contributed by atoms with E-state index in [9.17, 15) is 0 Å². The fourth-order valence-electron chi connectivity index (χ4n) is 3.00. The van der Waals surface area contributed by atoms with E-state index in [4.69, 9.17) is 15.7 Å². The molecule has 146 valence electrons. The minimum absolute atomic E-state index is 0.661. The molecule has 0 saturated carbocycles. The van der Waals surface area contributed by atoms with Crippen molar-refractivity contribution < 1.29 is 0 Å². The summed E-state index contributed by atoms with van der Waals surface area (Å²) in [5.41, 5.74) is 8.21. The molecule has 0 saturated heterocycles. The molecule has 4 aromatic rings. The Kier molecular flexibility index (Phi) is 5.86. The van der Waals surface area contributed by atoms with Gasteiger partial charge in [-0.3, -0.25) is 0 Å². The molecule has 0 bridgehead atoms. The Morgan fingerprint density at radius 2 is 1.66 bits per heavy atom. The zero-order valence-corrected chi connectivity index (χ0v) is 17.4. The number of pyridine rings is 1. The van der Waals surface area contributed by atoms with E-state index in [1.165, 1.54) is 0 Å². The van der Waals surface area contributed by atoms with Crippen LogP contribution in [-0.2, 0) is 0 Å². The lowest BCUT2D eigenvalue weighted by Gasteiger charge is -2.12. The second kappa shape index (κ2) is 8.87. The van der Waals surface area contributed by atoms with Gasteiger partial charge in [-0.1, -0.05) is 46.3 Å². The first-order chi connectivity index (χ1) is 14.2. The normalized spacial score (nSPS) is 10.8. The number of hydrogen-bond acceptors (Lipinski definition) is 6. The van der Waals surface area contributed by atoms with Gasteiger partial charge in [0, 0.05) is 28.5 Å². The van der Waals surface area contributed by atoms with Gasteiger partial charge in [-0.15, -0.1) is 0 Å². The van der Waals surface area contributed by atoms with Crippen LogP contribution in [0.1, 0.15) is 6.42 Å². The number of aromatic nitrogens is 3. The molecular formula is C22H21BrN6. The summed E-state index contributed by atoms with van der Waals surface area (Å²) in [6.07, 6.45) is 2.56. The van der Waals surface area contributed by atoms with Crippen LogP contribution in [0, 0.1) is 0 Å². The maximum absolute atomic E-state index is 5.66. The molecule has 0 aliphatic heterocycles. The second-order valence-electron chi connectivity index (χ2n) is 6.58. The highest BCUT2D eigenvalue weighted by Gasteiger charge is 2.11. The van der Waals surface area contributed by atoms with Crippen LogP contribution < -0.4 is 16.4 Å². The predicted molar refractivity (Wildman–Crippen MR) is 123 cm³/mol. The van der Waals surface area contributed by atoms with Crippen LogP contribution in [0.25, 0.3) is 22.3 Å². The molecule has 0 radical (unpaired) electrons. The second-order valence-corrected chi connectivity index (χ2v) is 7.43. The molecule has 0 unspecified atom stereocenters. The lowest BCUT2D eigenvalue weighted by atomic mass is 10.2. The molecule has 0 amide bonds. The van der Waals surface area contributed by atoms with Crippen LogP contribution >= 0.6 is 15.9 Å². The molecule has 6 nitrogen and oxygen atoms in total. The van der Waals surface area contributed by atoms with E-state index in [1.54, 1.807) is 6.20 Å². The van der Waals surface area contributed by atoms with Crippen LogP contribution in [0.5, 0.6) is 0 Å². The van der Waals surface area contributed by atoms with Crippen LogP contribution in [0.4, 0.5) is 17.3 Å². The smallest absolute Gasteiger partial charge is 0.163 e. The molecule has 0 atom stereocenters. The Morgan fingerprint density at radius 1 is 0.862 bits per heavy atom. The Balaban J connectivity index is 1.47. The van der Waals surface area contributed by atoms with Gasteiger partial charge in [0.1, 0.15) is 11.6 Å². The number of para-hydroxylation sites is 1. The summed E-state index contributed by atoms with van der Waals surface area (Å²) in [4.78, 5) is 13.8. The standard InChI is InChI=1S/C22H21BrN6/c23-18-8-3-1-6-16(18)22-28-19-9-4-2-7-17(19)21(29-22)26-13-5-12-25-20-11-10-15(24)14-27-20/h1-4,6-11,14H,5,12-13,24H2,(H,25,27)(H,26,28,29). The van der Waals surface area contributed by atoms with Crippen molar-refractivity contribution in [1.82, 2.24) is 15.0 Å². The average molecular weight is 449 g/mol. The van der Waals surface area contributed by atoms with Crippen molar-refractivity contribution in [2.45, 2.75) is 6.42 Å². The van der Waals surface area contributed by atoms with E-state index in [2.05, 4.69) is 31.5 Å². The molecule has 29 heavy (non-hydrogen) atoms. The quantitative estimate of drug-likeness (QED) is 0.346. The van der Waals surface area contributed by atoms with Crippen molar-refractivity contribution in [3.05, 3.63) is 71.3 Å². The highest BCUT2D eigenvalue weighted by atomic mass is 79.9. The van der Waals surface area contributed by atoms with Crippen LogP contribution in [-0.4, -0.2) is 28.0 Å². The minimum atomic E-state index is 0.661. The third kappa shape index (κ3) is 4.63. The first kappa shape index (κ1) is 19.1. The molecular weight excluding hydrogens is 428 g/mol. The zero-order chi connectivity index (χ0) is 20.1. The van der Waals surface area contributed by atoms with Gasteiger partial charge in [0.05, 0.1) is 17.4 Å². The lowest BCUT2D eigenvalue weighted by molar-refractivity contribution is 0.899. The summed E-state index contributed by atoms with van der Waals surface area (Å²) in [5.74, 6) is 2.36. The van der Waals surface area contributed by atoms with E-state index in [0.717, 1.165) is 52.1 Å². The first-order valence-corrected chi connectivity index (χ1v) is 10.2. The number of nitrogens with zero attached hydrogens (tertiary/aromatic N) is 3. The summed E-state index contributed by atoms with van der Waals surface area (Å²) in [6, 6.07) is 19.7. The third-order valence-electron chi connectivity index (χ3n) is 4.46. The summed E-state index contributed by atoms with van der Waals surface area (Å²) < 4.78 is 0.974. The molecule has 7 heteroatoms. The monoisotopic (exact) mass is 448 g/mol. The molecule has 0 fully saturated rings. The number of nitrogen functional groups attached to an aromatic ring is 1. The largest absolute Gasteiger partial charge is 0.397 e. The number of nitrogens with two attached hydrogens (primary N) is 1. The van der Waals surface area contributed by atoms with Gasteiger partial charge in [-0.25, -0.2) is 15.0 Å². The van der Waals surface area contributed by atoms with Gasteiger partial charge >= 0.3 is 0 Å². The van der Waals surface area contributed by atoms with Gasteiger partial charge in [-0.2, -0.15) is 0 Å². The highest BCUT2D eigenvalue weighted by Crippen LogP contribution is 2.29. The number of fused-ring (bicyclic) bond motifs is 1. The lowest BCUT2D eigenvalue weighted by Crippen LogP contribution is -2.11. The van der Waals surface area contributed by atoms with Gasteiger partial charge in [0.2, 0.25) is 0 Å². The van der Waals surface area contributed by atoms with E-state index in [0.29, 0.717) is 11.5 Å². The zero-order valence-electron chi connectivity index (χ0n) is 15.8. The molecule has 4 rings (SSSR count). The third-order valence-corrected chi connectivity index (χ3v) is 5.15. The Bertz CT molecular complexity index is 1110. The molecule has 4 N–H and O–H groups in total. The number of hydrogen-bond donors (Lipinski definition) is 3. The number of rotatable bonds is 7. The summed E-state index contributed by atoms with van der Waals surface area (Å²) in [7, 11) is 0. The Hall–Kier alpha value is -3.19. The number of benzene rings is 2. The average Bonchev–Trinajstić information content (AvgIpc) is 2.75. The van der Waals surface area contributed by atoms with Crippen molar-refractivity contribution >= 4 is 44.2 Å². The van der Waals surface area contributed by atoms with Gasteiger partial charge in [0.15, 0.2) is 5.82 Å². The maximum Gasteiger partial charge on any atom is 0.163 e. The van der Waals surface area contributed by atoms with Crippen LogP contribution in [0.15, 0.2) is 71.3 Å². The van der Waals surface area contributed by atoms with Crippen LogP contribution in [0.2, 0.25) is 0 Å². The molecule has 2 aromatic heterocycles. The molecule has 0 aliphatic carbocycles. The predicted octanol–water partition coefficient (Wildman–Crippen LogP) is 4.95. The number of halogens is 1. The van der Waals surface area contributed by atoms with Gasteiger partial charge in [-0.05, 0) is 36.8 Å². The first-order valence-electron chi connectivity index (χ1n) is 9.42. The van der Waals surface area contributed by atoms with Crippen molar-refractivity contribution in [3.63, 3.8) is 0 Å². The number of anilines is 3. The van der Waals surface area contributed by atoms with E-state index in [-0.39, 0.29) is 0 Å². The van der Waals surface area contributed by atoms with Crippen molar-refractivity contribution in [2.24, 2.45) is 0 Å². The molecule has 2 heterocycles. The van der Waals surface area contributed by atoms with Gasteiger partial charge < -0.3 is 16.4 Å². The van der Waals surface area contributed by atoms with E-state index in [1.807, 2.05) is 60.7 Å². The van der Waals surface area contributed by atoms with Crippen molar-refractivity contribution in [1.29, 1.82) is 0 Å². The van der Waals surface area contributed by atoms with Gasteiger partial charge in [0.25, 0.3) is 0 Å². The van der Waals surface area contributed by atoms with Crippen molar-refractivity contribution in [2.75, 3.05) is 29.5 Å². The van der Waals surface area contributed by atoms with E-state index >= 15 is 0 Å². The Labute approximate surface area is 177 Å². The minimum Gasteiger partial charge on any atom is -0.397 e.